The van der Waals surface area contributed by atoms with E-state index >= 15 is 0 Å². The zero-order chi connectivity index (χ0) is 17.2. The van der Waals surface area contributed by atoms with Gasteiger partial charge in [0.2, 0.25) is 0 Å². The lowest BCUT2D eigenvalue weighted by Gasteiger charge is -2.13. The molecule has 0 saturated heterocycles. The highest BCUT2D eigenvalue weighted by Gasteiger charge is 2.25. The number of carboxylic acid groups (broad SMARTS) is 1. The van der Waals surface area contributed by atoms with Crippen LogP contribution in [0.1, 0.15) is 47.9 Å². The van der Waals surface area contributed by atoms with Crippen molar-refractivity contribution in [1.82, 2.24) is 9.97 Å². The summed E-state index contributed by atoms with van der Waals surface area (Å²) < 4.78 is 5.84. The second-order valence-electron chi connectivity index (χ2n) is 6.48. The van der Waals surface area contributed by atoms with Gasteiger partial charge in [-0.1, -0.05) is 6.42 Å². The van der Waals surface area contributed by atoms with E-state index in [0.717, 1.165) is 47.3 Å². The van der Waals surface area contributed by atoms with Crippen molar-refractivity contribution in [3.8, 4) is 5.75 Å². The number of benzene rings is 1. The van der Waals surface area contributed by atoms with E-state index in [1.165, 1.54) is 11.3 Å². The lowest BCUT2D eigenvalue weighted by atomic mass is 9.90. The van der Waals surface area contributed by atoms with Gasteiger partial charge in [0.25, 0.3) is 0 Å². The fraction of sp³-hybridized carbons (Fsp3) is 0.368. The zero-order valence-corrected chi connectivity index (χ0v) is 14.6. The summed E-state index contributed by atoms with van der Waals surface area (Å²) in [5.41, 5.74) is 3.41. The standard InChI is InChI=1S/C19H20N2O3S/c22-18(23)9-12-3-1-2-4-15-19(12)14-6-5-13(10-16(14)21-15)24-11-17-20-7-8-25-17/h5-8,10,12,21H,1-4,9,11H2,(H,22,23). The van der Waals surface area contributed by atoms with Gasteiger partial charge in [0.15, 0.2) is 0 Å². The molecular formula is C19H20N2O3S. The molecule has 0 bridgehead atoms. The van der Waals surface area contributed by atoms with Gasteiger partial charge in [-0.3, -0.25) is 4.79 Å². The molecule has 6 heteroatoms. The maximum absolute atomic E-state index is 11.3. The zero-order valence-electron chi connectivity index (χ0n) is 13.8. The molecule has 25 heavy (non-hydrogen) atoms. The maximum atomic E-state index is 11.3. The number of aromatic nitrogens is 2. The Bertz CT molecular complexity index is 886. The Hall–Kier alpha value is -2.34. The van der Waals surface area contributed by atoms with Crippen molar-refractivity contribution in [2.45, 2.75) is 44.6 Å². The van der Waals surface area contributed by atoms with Crippen LogP contribution >= 0.6 is 11.3 Å². The normalized spacial score (nSPS) is 17.2. The van der Waals surface area contributed by atoms with Gasteiger partial charge >= 0.3 is 5.97 Å². The quantitative estimate of drug-likeness (QED) is 0.661. The van der Waals surface area contributed by atoms with Gasteiger partial charge < -0.3 is 14.8 Å². The summed E-state index contributed by atoms with van der Waals surface area (Å²) in [5.74, 6) is 0.162. The largest absolute Gasteiger partial charge is 0.486 e. The van der Waals surface area contributed by atoms with Crippen LogP contribution in [0.3, 0.4) is 0 Å². The van der Waals surface area contributed by atoms with Crippen LogP contribution in [0, 0.1) is 0 Å². The van der Waals surface area contributed by atoms with Crippen molar-refractivity contribution in [1.29, 1.82) is 0 Å². The minimum Gasteiger partial charge on any atom is -0.486 e. The van der Waals surface area contributed by atoms with Gasteiger partial charge in [0.1, 0.15) is 17.4 Å². The molecule has 2 heterocycles. The van der Waals surface area contributed by atoms with E-state index in [9.17, 15) is 9.90 Å². The van der Waals surface area contributed by atoms with Crippen molar-refractivity contribution in [2.75, 3.05) is 0 Å². The van der Waals surface area contributed by atoms with Crippen molar-refractivity contribution in [3.05, 3.63) is 46.0 Å². The number of rotatable bonds is 5. The molecule has 1 unspecified atom stereocenters. The molecule has 0 saturated carbocycles. The Morgan fingerprint density at radius 1 is 1.40 bits per heavy atom. The third kappa shape index (κ3) is 3.39. The van der Waals surface area contributed by atoms with Crippen molar-refractivity contribution in [3.63, 3.8) is 0 Å². The number of thiazole rings is 1. The topological polar surface area (TPSA) is 75.2 Å². The Kier molecular flexibility index (Phi) is 4.44. The number of aryl methyl sites for hydroxylation is 1. The van der Waals surface area contributed by atoms with Gasteiger partial charge in [-0.15, -0.1) is 11.3 Å². The van der Waals surface area contributed by atoms with Crippen LogP contribution in [0.4, 0.5) is 0 Å². The number of aliphatic carboxylic acids is 1. The molecule has 1 aromatic carbocycles. The highest BCUT2D eigenvalue weighted by atomic mass is 32.1. The predicted molar refractivity (Wildman–Crippen MR) is 97.3 cm³/mol. The third-order valence-electron chi connectivity index (χ3n) is 4.80. The molecule has 2 N–H and O–H groups in total. The molecule has 0 amide bonds. The minimum absolute atomic E-state index is 0.0887. The third-order valence-corrected chi connectivity index (χ3v) is 5.55. The first-order valence-electron chi connectivity index (χ1n) is 8.58. The average Bonchev–Trinajstić information content (AvgIpc) is 3.18. The highest BCUT2D eigenvalue weighted by Crippen LogP contribution is 2.39. The van der Waals surface area contributed by atoms with Crippen LogP contribution in [-0.4, -0.2) is 21.0 Å². The summed E-state index contributed by atoms with van der Waals surface area (Å²) in [4.78, 5) is 19.0. The number of hydrogen-bond donors (Lipinski definition) is 2. The molecule has 4 rings (SSSR count). The SMILES string of the molecule is O=C(O)CC1CCCCc2[nH]c3cc(OCc4nccs4)ccc3c21. The van der Waals surface area contributed by atoms with Gasteiger partial charge in [-0.25, -0.2) is 4.98 Å². The molecule has 0 aliphatic heterocycles. The van der Waals surface area contributed by atoms with E-state index in [-0.39, 0.29) is 12.3 Å². The van der Waals surface area contributed by atoms with E-state index in [4.69, 9.17) is 4.74 Å². The molecule has 5 nitrogen and oxygen atoms in total. The first kappa shape index (κ1) is 16.1. The summed E-state index contributed by atoms with van der Waals surface area (Å²) >= 11 is 1.58. The van der Waals surface area contributed by atoms with Crippen molar-refractivity contribution in [2.24, 2.45) is 0 Å². The van der Waals surface area contributed by atoms with E-state index in [2.05, 4.69) is 16.0 Å². The van der Waals surface area contributed by atoms with Crippen LogP contribution in [0.5, 0.6) is 5.75 Å². The molecule has 1 atom stereocenters. The van der Waals surface area contributed by atoms with E-state index in [1.807, 2.05) is 17.5 Å². The van der Waals surface area contributed by atoms with Gasteiger partial charge in [0.05, 0.1) is 6.42 Å². The second-order valence-corrected chi connectivity index (χ2v) is 7.46. The number of carbonyl (C=O) groups is 1. The van der Waals surface area contributed by atoms with E-state index in [0.29, 0.717) is 6.61 Å². The molecule has 0 fully saturated rings. The lowest BCUT2D eigenvalue weighted by molar-refractivity contribution is -0.137. The molecule has 1 aliphatic rings. The van der Waals surface area contributed by atoms with Crippen LogP contribution < -0.4 is 4.74 Å². The summed E-state index contributed by atoms with van der Waals surface area (Å²) in [6, 6.07) is 6.03. The first-order valence-corrected chi connectivity index (χ1v) is 9.46. The van der Waals surface area contributed by atoms with Crippen LogP contribution in [-0.2, 0) is 17.8 Å². The smallest absolute Gasteiger partial charge is 0.303 e. The molecule has 0 spiro atoms. The summed E-state index contributed by atoms with van der Waals surface area (Å²) in [6.45, 7) is 0.464. The Morgan fingerprint density at radius 3 is 3.12 bits per heavy atom. The number of hydrogen-bond acceptors (Lipinski definition) is 4. The minimum atomic E-state index is -0.726. The molecule has 130 valence electrons. The Morgan fingerprint density at radius 2 is 2.32 bits per heavy atom. The highest BCUT2D eigenvalue weighted by molar-refractivity contribution is 7.09. The number of H-pyrrole nitrogens is 1. The van der Waals surface area contributed by atoms with Gasteiger partial charge in [0, 0.05) is 34.2 Å². The lowest BCUT2D eigenvalue weighted by Crippen LogP contribution is -2.06. The second kappa shape index (κ2) is 6.88. The predicted octanol–water partition coefficient (Wildman–Crippen LogP) is 4.49. The number of ether oxygens (including phenoxy) is 1. The van der Waals surface area contributed by atoms with Crippen LogP contribution in [0.15, 0.2) is 29.8 Å². The molecule has 2 aromatic heterocycles. The molecule has 3 aromatic rings. The average molecular weight is 356 g/mol. The van der Waals surface area contributed by atoms with E-state index in [1.54, 1.807) is 17.5 Å². The van der Waals surface area contributed by atoms with E-state index < -0.39 is 5.97 Å². The Balaban J connectivity index is 1.64. The molecular weight excluding hydrogens is 336 g/mol. The van der Waals surface area contributed by atoms with Gasteiger partial charge in [-0.05, 0) is 42.9 Å². The van der Waals surface area contributed by atoms with Crippen molar-refractivity contribution < 1.29 is 14.6 Å². The summed E-state index contributed by atoms with van der Waals surface area (Å²) in [6.07, 6.45) is 6.07. The number of carboxylic acids is 1. The maximum Gasteiger partial charge on any atom is 0.303 e. The number of aromatic amines is 1. The van der Waals surface area contributed by atoms with Crippen molar-refractivity contribution >= 4 is 28.2 Å². The first-order chi connectivity index (χ1) is 12.2. The number of fused-ring (bicyclic) bond motifs is 3. The van der Waals surface area contributed by atoms with Crippen LogP contribution in [0.25, 0.3) is 10.9 Å². The Labute approximate surface area is 149 Å². The fourth-order valence-electron chi connectivity index (χ4n) is 3.73. The summed E-state index contributed by atoms with van der Waals surface area (Å²) in [7, 11) is 0. The summed E-state index contributed by atoms with van der Waals surface area (Å²) in [5, 5.41) is 13.3. The van der Waals surface area contributed by atoms with Crippen LogP contribution in [0.2, 0.25) is 0 Å². The molecule has 1 aliphatic carbocycles. The molecule has 0 radical (unpaired) electrons. The van der Waals surface area contributed by atoms with Gasteiger partial charge in [-0.2, -0.15) is 0 Å². The fourth-order valence-corrected chi connectivity index (χ4v) is 4.26. The number of nitrogens with one attached hydrogen (secondary N) is 1. The monoisotopic (exact) mass is 356 g/mol. The number of nitrogens with zero attached hydrogens (tertiary/aromatic N) is 1.